The molecule has 1 N–H and O–H groups in total. The van der Waals surface area contributed by atoms with Gasteiger partial charge >= 0.3 is 5.97 Å². The second-order valence-electron chi connectivity index (χ2n) is 4.91. The fourth-order valence-electron chi connectivity index (χ4n) is 1.54. The van der Waals surface area contributed by atoms with Crippen LogP contribution in [-0.2, 0) is 20.9 Å². The summed E-state index contributed by atoms with van der Waals surface area (Å²) in [5.74, 6) is -0.442. The van der Waals surface area contributed by atoms with Crippen LogP contribution in [0.2, 0.25) is 0 Å². The van der Waals surface area contributed by atoms with Crippen LogP contribution < -0.4 is 5.32 Å². The number of benzene rings is 1. The van der Waals surface area contributed by atoms with Crippen LogP contribution >= 0.6 is 0 Å². The first-order valence-corrected chi connectivity index (χ1v) is 6.54. The predicted molar refractivity (Wildman–Crippen MR) is 75.3 cm³/mol. The molecule has 5 heteroatoms. The van der Waals surface area contributed by atoms with E-state index in [1.54, 1.807) is 25.3 Å². The molecule has 1 aromatic rings. The van der Waals surface area contributed by atoms with Crippen molar-refractivity contribution in [2.24, 2.45) is 5.92 Å². The van der Waals surface area contributed by atoms with Crippen molar-refractivity contribution in [1.82, 2.24) is 5.32 Å². The van der Waals surface area contributed by atoms with Gasteiger partial charge in [-0.25, -0.2) is 4.79 Å². The SMILES string of the molecule is COCc1cccc(C(=O)OCC(=O)NCC(C)C)c1. The largest absolute Gasteiger partial charge is 0.452 e. The number of methoxy groups -OCH3 is 1. The summed E-state index contributed by atoms with van der Waals surface area (Å²) in [6.45, 7) is 4.72. The Morgan fingerprint density at radius 2 is 2.05 bits per heavy atom. The Labute approximate surface area is 119 Å². The molecule has 20 heavy (non-hydrogen) atoms. The highest BCUT2D eigenvalue weighted by molar-refractivity contribution is 5.91. The quantitative estimate of drug-likeness (QED) is 0.772. The van der Waals surface area contributed by atoms with E-state index < -0.39 is 5.97 Å². The Morgan fingerprint density at radius 1 is 1.30 bits per heavy atom. The molecule has 0 saturated heterocycles. The first-order chi connectivity index (χ1) is 9.52. The second kappa shape index (κ2) is 8.32. The average Bonchev–Trinajstić information content (AvgIpc) is 2.43. The molecule has 1 amide bonds. The molecule has 110 valence electrons. The number of hydrogen-bond donors (Lipinski definition) is 1. The molecular weight excluding hydrogens is 258 g/mol. The van der Waals surface area contributed by atoms with E-state index in [0.29, 0.717) is 24.6 Å². The van der Waals surface area contributed by atoms with Gasteiger partial charge < -0.3 is 14.8 Å². The van der Waals surface area contributed by atoms with Crippen molar-refractivity contribution in [3.05, 3.63) is 35.4 Å². The summed E-state index contributed by atoms with van der Waals surface area (Å²) >= 11 is 0. The van der Waals surface area contributed by atoms with E-state index in [4.69, 9.17) is 9.47 Å². The molecule has 0 aliphatic carbocycles. The molecule has 5 nitrogen and oxygen atoms in total. The first kappa shape index (κ1) is 16.2. The zero-order valence-corrected chi connectivity index (χ0v) is 12.1. The maximum atomic E-state index is 11.8. The molecule has 0 aromatic heterocycles. The number of amides is 1. The van der Waals surface area contributed by atoms with Gasteiger partial charge in [-0.15, -0.1) is 0 Å². The number of esters is 1. The van der Waals surface area contributed by atoms with Gasteiger partial charge in [0, 0.05) is 13.7 Å². The van der Waals surface area contributed by atoms with Crippen molar-refractivity contribution in [2.75, 3.05) is 20.3 Å². The Balaban J connectivity index is 2.46. The van der Waals surface area contributed by atoms with Crippen molar-refractivity contribution in [1.29, 1.82) is 0 Å². The number of rotatable bonds is 7. The van der Waals surface area contributed by atoms with E-state index in [2.05, 4.69) is 5.32 Å². The van der Waals surface area contributed by atoms with Crippen LogP contribution in [0.15, 0.2) is 24.3 Å². The van der Waals surface area contributed by atoms with E-state index in [1.165, 1.54) is 0 Å². The molecule has 0 bridgehead atoms. The van der Waals surface area contributed by atoms with Gasteiger partial charge in [-0.3, -0.25) is 4.79 Å². The Hall–Kier alpha value is -1.88. The lowest BCUT2D eigenvalue weighted by Crippen LogP contribution is -2.31. The van der Waals surface area contributed by atoms with Crippen molar-refractivity contribution in [3.63, 3.8) is 0 Å². The summed E-state index contributed by atoms with van der Waals surface area (Å²) in [6.07, 6.45) is 0. The highest BCUT2D eigenvalue weighted by Crippen LogP contribution is 2.07. The van der Waals surface area contributed by atoms with Crippen LogP contribution in [0.1, 0.15) is 29.8 Å². The monoisotopic (exact) mass is 279 g/mol. The van der Waals surface area contributed by atoms with Crippen molar-refractivity contribution in [2.45, 2.75) is 20.5 Å². The maximum absolute atomic E-state index is 11.8. The molecule has 0 aliphatic heterocycles. The van der Waals surface area contributed by atoms with Gasteiger partial charge in [0.15, 0.2) is 6.61 Å². The van der Waals surface area contributed by atoms with Crippen LogP contribution in [0, 0.1) is 5.92 Å². The summed E-state index contributed by atoms with van der Waals surface area (Å²) < 4.78 is 9.96. The number of carbonyl (C=O) groups excluding carboxylic acids is 2. The molecule has 0 fully saturated rings. The molecule has 1 aromatic carbocycles. The third-order valence-corrected chi connectivity index (χ3v) is 2.52. The topological polar surface area (TPSA) is 64.6 Å². The maximum Gasteiger partial charge on any atom is 0.338 e. The molecular formula is C15H21NO4. The molecule has 0 radical (unpaired) electrons. The standard InChI is InChI=1S/C15H21NO4/c1-11(2)8-16-14(17)10-20-15(18)13-6-4-5-12(7-13)9-19-3/h4-7,11H,8-10H2,1-3H3,(H,16,17). The summed E-state index contributed by atoms with van der Waals surface area (Å²) in [4.78, 5) is 23.2. The minimum absolute atomic E-state index is 0.264. The van der Waals surface area contributed by atoms with Crippen molar-refractivity contribution in [3.8, 4) is 0 Å². The fourth-order valence-corrected chi connectivity index (χ4v) is 1.54. The van der Waals surface area contributed by atoms with Crippen LogP contribution in [0.4, 0.5) is 0 Å². The van der Waals surface area contributed by atoms with Crippen LogP contribution in [0.5, 0.6) is 0 Å². The minimum Gasteiger partial charge on any atom is -0.452 e. The summed E-state index contributed by atoms with van der Waals surface area (Å²) in [6, 6.07) is 6.95. The number of ether oxygens (including phenoxy) is 2. The second-order valence-corrected chi connectivity index (χ2v) is 4.91. The van der Waals surface area contributed by atoms with Crippen LogP contribution in [0.3, 0.4) is 0 Å². The fraction of sp³-hybridized carbons (Fsp3) is 0.467. The predicted octanol–water partition coefficient (Wildman–Crippen LogP) is 1.76. The van der Waals surface area contributed by atoms with Crippen LogP contribution in [0.25, 0.3) is 0 Å². The zero-order chi connectivity index (χ0) is 15.0. The van der Waals surface area contributed by atoms with E-state index >= 15 is 0 Å². The molecule has 0 unspecified atom stereocenters. The van der Waals surface area contributed by atoms with Gasteiger partial charge in [0.05, 0.1) is 12.2 Å². The smallest absolute Gasteiger partial charge is 0.338 e. The Bertz CT molecular complexity index is 457. The van der Waals surface area contributed by atoms with Crippen LogP contribution in [-0.4, -0.2) is 32.1 Å². The van der Waals surface area contributed by atoms with Gasteiger partial charge in [0.1, 0.15) is 0 Å². The average molecular weight is 279 g/mol. The van der Waals surface area contributed by atoms with Crippen molar-refractivity contribution < 1.29 is 19.1 Å². The van der Waals surface area contributed by atoms with Gasteiger partial charge in [-0.2, -0.15) is 0 Å². The Morgan fingerprint density at radius 3 is 2.70 bits per heavy atom. The molecule has 0 heterocycles. The van der Waals surface area contributed by atoms with E-state index in [1.807, 2.05) is 19.9 Å². The van der Waals surface area contributed by atoms with E-state index in [9.17, 15) is 9.59 Å². The van der Waals surface area contributed by atoms with Gasteiger partial charge in [-0.05, 0) is 23.6 Å². The lowest BCUT2D eigenvalue weighted by molar-refractivity contribution is -0.124. The molecule has 1 rings (SSSR count). The lowest BCUT2D eigenvalue weighted by atomic mass is 10.1. The van der Waals surface area contributed by atoms with E-state index in [-0.39, 0.29) is 12.5 Å². The number of hydrogen-bond acceptors (Lipinski definition) is 4. The van der Waals surface area contributed by atoms with E-state index in [0.717, 1.165) is 5.56 Å². The van der Waals surface area contributed by atoms with Gasteiger partial charge in [0.2, 0.25) is 0 Å². The first-order valence-electron chi connectivity index (χ1n) is 6.54. The lowest BCUT2D eigenvalue weighted by Gasteiger charge is -2.08. The highest BCUT2D eigenvalue weighted by atomic mass is 16.5. The van der Waals surface area contributed by atoms with Crippen molar-refractivity contribution >= 4 is 11.9 Å². The summed E-state index contributed by atoms with van der Waals surface area (Å²) in [5, 5.41) is 2.68. The third-order valence-electron chi connectivity index (χ3n) is 2.52. The number of carbonyl (C=O) groups is 2. The van der Waals surface area contributed by atoms with Gasteiger partial charge in [0.25, 0.3) is 5.91 Å². The number of nitrogens with one attached hydrogen (secondary N) is 1. The molecule has 0 aliphatic rings. The van der Waals surface area contributed by atoms with Gasteiger partial charge in [-0.1, -0.05) is 26.0 Å². The molecule has 0 spiro atoms. The minimum atomic E-state index is -0.511. The zero-order valence-electron chi connectivity index (χ0n) is 12.1. The highest BCUT2D eigenvalue weighted by Gasteiger charge is 2.10. The Kier molecular flexibility index (Phi) is 6.73. The molecule has 0 atom stereocenters. The molecule has 0 saturated carbocycles. The summed E-state index contributed by atoms with van der Waals surface area (Å²) in [7, 11) is 1.59. The third kappa shape index (κ3) is 5.84. The normalized spacial score (nSPS) is 10.4. The summed E-state index contributed by atoms with van der Waals surface area (Å²) in [5.41, 5.74) is 1.29.